The Morgan fingerprint density at radius 2 is 2.11 bits per heavy atom. The number of ether oxygens (including phenoxy) is 1. The van der Waals surface area contributed by atoms with Gasteiger partial charge in [-0.2, -0.15) is 5.10 Å². The van der Waals surface area contributed by atoms with Crippen LogP contribution in [-0.4, -0.2) is 22.2 Å². The number of furan rings is 1. The average Bonchev–Trinajstić information content (AvgIpc) is 3.27. The number of halogens is 2. The van der Waals surface area contributed by atoms with Crippen LogP contribution in [-0.2, 0) is 13.2 Å². The number of hydrogen-bond acceptors (Lipinski definition) is 4. The molecule has 3 rings (SSSR count). The third-order valence-electron chi connectivity index (χ3n) is 3.84. The summed E-state index contributed by atoms with van der Waals surface area (Å²) in [5, 5.41) is 8.15. The molecule has 0 aliphatic heterocycles. The highest BCUT2D eigenvalue weighted by Crippen LogP contribution is 2.23. The first-order chi connectivity index (χ1) is 13.0. The first kappa shape index (κ1) is 19.3. The van der Waals surface area contributed by atoms with E-state index in [1.165, 1.54) is 0 Å². The monoisotopic (exact) mass is 407 g/mol. The lowest BCUT2D eigenvalue weighted by molar-refractivity contribution is 0.0920. The highest BCUT2D eigenvalue weighted by molar-refractivity contribution is 6.30. The van der Waals surface area contributed by atoms with Crippen molar-refractivity contribution >= 4 is 29.1 Å². The number of carbonyl (C=O) groups excluding carboxylic acids is 1. The van der Waals surface area contributed by atoms with Crippen LogP contribution in [0.4, 0.5) is 0 Å². The molecule has 1 amide bonds. The summed E-state index contributed by atoms with van der Waals surface area (Å²) in [5.74, 6) is 1.28. The number of nitrogens with zero attached hydrogens (tertiary/aromatic N) is 2. The van der Waals surface area contributed by atoms with Crippen molar-refractivity contribution in [2.45, 2.75) is 26.5 Å². The summed E-state index contributed by atoms with van der Waals surface area (Å²) in [6, 6.07) is 8.76. The molecule has 0 unspecified atom stereocenters. The normalized spacial score (nSPS) is 10.8. The zero-order chi connectivity index (χ0) is 19.2. The Morgan fingerprint density at radius 3 is 2.85 bits per heavy atom. The van der Waals surface area contributed by atoms with E-state index in [1.807, 2.05) is 13.0 Å². The van der Waals surface area contributed by atoms with Crippen molar-refractivity contribution in [3.05, 3.63) is 69.9 Å². The molecular formula is C19H19Cl2N3O3. The number of nitrogens with one attached hydrogen (secondary N) is 1. The van der Waals surface area contributed by atoms with Crippen LogP contribution in [0.25, 0.3) is 0 Å². The fraction of sp³-hybridized carbons (Fsp3) is 0.263. The predicted molar refractivity (Wildman–Crippen MR) is 103 cm³/mol. The lowest BCUT2D eigenvalue weighted by atomic mass is 10.2. The van der Waals surface area contributed by atoms with E-state index >= 15 is 0 Å². The van der Waals surface area contributed by atoms with E-state index in [0.717, 1.165) is 17.7 Å². The second kappa shape index (κ2) is 8.97. The van der Waals surface area contributed by atoms with Gasteiger partial charge in [0.1, 0.15) is 18.1 Å². The van der Waals surface area contributed by atoms with Gasteiger partial charge in [0.2, 0.25) is 0 Å². The van der Waals surface area contributed by atoms with E-state index in [9.17, 15) is 4.79 Å². The SMILES string of the molecule is Cc1cc(Cl)ccc1OCc1ccc(C(=O)NCCCn2cc(Cl)cn2)o1. The van der Waals surface area contributed by atoms with E-state index in [-0.39, 0.29) is 18.3 Å². The van der Waals surface area contributed by atoms with Crippen molar-refractivity contribution < 1.29 is 13.9 Å². The Hall–Kier alpha value is -2.44. The molecule has 0 atom stereocenters. The summed E-state index contributed by atoms with van der Waals surface area (Å²) in [5.41, 5.74) is 0.936. The Morgan fingerprint density at radius 1 is 1.26 bits per heavy atom. The van der Waals surface area contributed by atoms with Crippen molar-refractivity contribution in [3.63, 3.8) is 0 Å². The van der Waals surface area contributed by atoms with Gasteiger partial charge in [-0.05, 0) is 49.2 Å². The maximum absolute atomic E-state index is 12.1. The second-order valence-electron chi connectivity index (χ2n) is 6.00. The molecule has 0 aliphatic carbocycles. The molecular weight excluding hydrogens is 389 g/mol. The van der Waals surface area contributed by atoms with Crippen LogP contribution in [0.15, 0.2) is 47.1 Å². The maximum atomic E-state index is 12.1. The highest BCUT2D eigenvalue weighted by Gasteiger charge is 2.11. The number of hydrogen-bond donors (Lipinski definition) is 1. The summed E-state index contributed by atoms with van der Waals surface area (Å²) in [6.45, 7) is 3.33. The maximum Gasteiger partial charge on any atom is 0.286 e. The summed E-state index contributed by atoms with van der Waals surface area (Å²) >= 11 is 11.7. The lowest BCUT2D eigenvalue weighted by Crippen LogP contribution is -2.24. The Labute approximate surface area is 167 Å². The predicted octanol–water partition coefficient (Wildman–Crippen LogP) is 4.49. The second-order valence-corrected chi connectivity index (χ2v) is 6.87. The molecule has 2 aromatic heterocycles. The summed E-state index contributed by atoms with van der Waals surface area (Å²) in [7, 11) is 0. The Balaban J connectivity index is 1.44. The van der Waals surface area contributed by atoms with Crippen molar-refractivity contribution in [3.8, 4) is 5.75 Å². The van der Waals surface area contributed by atoms with Gasteiger partial charge in [-0.15, -0.1) is 0 Å². The fourth-order valence-corrected chi connectivity index (χ4v) is 2.87. The van der Waals surface area contributed by atoms with Gasteiger partial charge in [-0.1, -0.05) is 23.2 Å². The molecule has 1 N–H and O–H groups in total. The first-order valence-electron chi connectivity index (χ1n) is 8.45. The van der Waals surface area contributed by atoms with Crippen LogP contribution in [0.5, 0.6) is 5.75 Å². The average molecular weight is 408 g/mol. The van der Waals surface area contributed by atoms with Crippen LogP contribution in [0.3, 0.4) is 0 Å². The van der Waals surface area contributed by atoms with Crippen LogP contribution < -0.4 is 10.1 Å². The van der Waals surface area contributed by atoms with Gasteiger partial charge in [0, 0.05) is 24.3 Å². The molecule has 0 radical (unpaired) electrons. The van der Waals surface area contributed by atoms with Crippen LogP contribution in [0.2, 0.25) is 10.0 Å². The summed E-state index contributed by atoms with van der Waals surface area (Å²) < 4.78 is 13.0. The van der Waals surface area contributed by atoms with E-state index in [1.54, 1.807) is 41.3 Å². The van der Waals surface area contributed by atoms with E-state index in [0.29, 0.717) is 28.9 Å². The minimum Gasteiger partial charge on any atom is -0.485 e. The summed E-state index contributed by atoms with van der Waals surface area (Å²) in [6.07, 6.45) is 4.05. The number of amides is 1. The molecule has 2 heterocycles. The smallest absolute Gasteiger partial charge is 0.286 e. The largest absolute Gasteiger partial charge is 0.485 e. The van der Waals surface area contributed by atoms with Crippen LogP contribution in [0.1, 0.15) is 28.3 Å². The Kier molecular flexibility index (Phi) is 6.42. The highest BCUT2D eigenvalue weighted by atomic mass is 35.5. The van der Waals surface area contributed by atoms with Gasteiger partial charge in [0.15, 0.2) is 5.76 Å². The van der Waals surface area contributed by atoms with Crippen molar-refractivity contribution in [1.29, 1.82) is 0 Å². The molecule has 6 nitrogen and oxygen atoms in total. The number of benzene rings is 1. The number of carbonyl (C=O) groups is 1. The zero-order valence-corrected chi connectivity index (χ0v) is 16.3. The topological polar surface area (TPSA) is 69.3 Å². The number of aryl methyl sites for hydroxylation is 2. The van der Waals surface area contributed by atoms with Crippen molar-refractivity contribution in [1.82, 2.24) is 15.1 Å². The van der Waals surface area contributed by atoms with E-state index in [4.69, 9.17) is 32.4 Å². The number of aromatic nitrogens is 2. The van der Waals surface area contributed by atoms with Gasteiger partial charge in [0.05, 0.1) is 11.2 Å². The molecule has 8 heteroatoms. The molecule has 27 heavy (non-hydrogen) atoms. The lowest BCUT2D eigenvalue weighted by Gasteiger charge is -2.07. The van der Waals surface area contributed by atoms with Gasteiger partial charge >= 0.3 is 0 Å². The molecule has 142 valence electrons. The molecule has 1 aromatic carbocycles. The Bertz CT molecular complexity index is 921. The summed E-state index contributed by atoms with van der Waals surface area (Å²) in [4.78, 5) is 12.1. The molecule has 0 spiro atoms. The standard InChI is InChI=1S/C19H19Cl2N3O3/c1-13-9-14(20)3-5-17(13)26-12-16-4-6-18(27-16)19(25)22-7-2-8-24-11-15(21)10-23-24/h3-6,9-11H,2,7-8,12H2,1H3,(H,22,25). The molecule has 0 bridgehead atoms. The molecule has 0 saturated carbocycles. The van der Waals surface area contributed by atoms with Crippen molar-refractivity contribution in [2.75, 3.05) is 6.54 Å². The van der Waals surface area contributed by atoms with Crippen molar-refractivity contribution in [2.24, 2.45) is 0 Å². The molecule has 0 saturated heterocycles. The third kappa shape index (κ3) is 5.52. The van der Waals surface area contributed by atoms with Crippen LogP contribution >= 0.6 is 23.2 Å². The first-order valence-corrected chi connectivity index (χ1v) is 9.20. The molecule has 0 fully saturated rings. The number of rotatable bonds is 8. The van der Waals surface area contributed by atoms with Crippen LogP contribution in [0, 0.1) is 6.92 Å². The van der Waals surface area contributed by atoms with Gasteiger partial charge < -0.3 is 14.5 Å². The zero-order valence-electron chi connectivity index (χ0n) is 14.7. The fourth-order valence-electron chi connectivity index (χ4n) is 2.49. The quantitative estimate of drug-likeness (QED) is 0.558. The van der Waals surface area contributed by atoms with Gasteiger partial charge in [0.25, 0.3) is 5.91 Å². The molecule has 3 aromatic rings. The van der Waals surface area contributed by atoms with Gasteiger partial charge in [-0.25, -0.2) is 0 Å². The van der Waals surface area contributed by atoms with E-state index < -0.39 is 0 Å². The molecule has 0 aliphatic rings. The minimum absolute atomic E-state index is 0.232. The van der Waals surface area contributed by atoms with Gasteiger partial charge in [-0.3, -0.25) is 9.48 Å². The minimum atomic E-state index is -0.262. The third-order valence-corrected chi connectivity index (χ3v) is 4.27. The van der Waals surface area contributed by atoms with E-state index in [2.05, 4.69) is 10.4 Å².